The van der Waals surface area contributed by atoms with Gasteiger partial charge < -0.3 is 4.74 Å². The predicted octanol–water partition coefficient (Wildman–Crippen LogP) is 15.2. The second-order valence-corrected chi connectivity index (χ2v) is 16.8. The number of nitrogens with zero attached hydrogens (tertiary/aromatic N) is 4. The summed E-state index contributed by atoms with van der Waals surface area (Å²) in [5.41, 5.74) is 16.6. The van der Waals surface area contributed by atoms with Crippen LogP contribution in [-0.4, -0.2) is 14.1 Å². The average Bonchev–Trinajstić information content (AvgIpc) is 3.95. The third-order valence-corrected chi connectivity index (χ3v) is 12.8. The minimum Gasteiger partial charge on any atom is -0.458 e. The normalized spacial score (nSPS) is 11.4. The quantitative estimate of drug-likeness (QED) is 0.101. The first-order valence-electron chi connectivity index (χ1n) is 22.8. The molecule has 0 unspecified atom stereocenters. The molecule has 0 saturated carbocycles. The van der Waals surface area contributed by atoms with Crippen LogP contribution in [0.25, 0.3) is 94.5 Å². The van der Waals surface area contributed by atoms with E-state index in [1.165, 1.54) is 22.3 Å². The fraction of sp³-hybridized carbons (Fsp3) is 0.0323. The van der Waals surface area contributed by atoms with Gasteiger partial charge in [-0.15, -0.1) is 0 Å². The third-order valence-electron chi connectivity index (χ3n) is 12.8. The lowest BCUT2D eigenvalue weighted by Gasteiger charge is -2.17. The van der Waals surface area contributed by atoms with E-state index in [2.05, 4.69) is 251 Å². The summed E-state index contributed by atoms with van der Waals surface area (Å²) in [5, 5.41) is 2.29. The molecule has 0 aliphatic heterocycles. The number of aromatic nitrogens is 4. The summed E-state index contributed by atoms with van der Waals surface area (Å²) >= 11 is 0. The van der Waals surface area contributed by atoms with Gasteiger partial charge in [0.05, 0.1) is 33.4 Å². The molecular formula is C62H44N4O. The molecule has 12 rings (SSSR count). The van der Waals surface area contributed by atoms with Crippen molar-refractivity contribution >= 4 is 32.8 Å². The number of rotatable bonds is 10. The molecule has 0 N–H and O–H groups in total. The van der Waals surface area contributed by atoms with Gasteiger partial charge in [-0.1, -0.05) is 183 Å². The van der Waals surface area contributed by atoms with Crippen LogP contribution in [0.3, 0.4) is 0 Å². The van der Waals surface area contributed by atoms with Gasteiger partial charge in [-0.25, -0.2) is 4.98 Å². The van der Waals surface area contributed by atoms with Crippen LogP contribution < -0.4 is 9.30 Å². The molecule has 3 heterocycles. The van der Waals surface area contributed by atoms with Crippen LogP contribution in [0.15, 0.2) is 237 Å². The first-order valence-corrected chi connectivity index (χ1v) is 22.8. The number of pyridine rings is 1. The van der Waals surface area contributed by atoms with Crippen LogP contribution in [0.4, 0.5) is 0 Å². The number of aryl methyl sites for hydroxylation is 1. The Morgan fingerprint density at radius 3 is 1.76 bits per heavy atom. The molecule has 0 spiro atoms. The van der Waals surface area contributed by atoms with Gasteiger partial charge in [-0.05, 0) is 99.5 Å². The molecule has 3 aromatic heterocycles. The summed E-state index contributed by atoms with van der Waals surface area (Å²) < 4.78 is 13.5. The summed E-state index contributed by atoms with van der Waals surface area (Å²) in [4.78, 5) is 5.15. The molecule has 0 aliphatic carbocycles. The molecular weight excluding hydrogens is 817 g/mol. The summed E-state index contributed by atoms with van der Waals surface area (Å²) in [7, 11) is 0. The molecule has 0 amide bonds. The SMILES string of the molecule is CCc1cc(-n2c3ccc(-c4ccccc4)cc3c3ccc(Oc4cccc(-n5[c-][n+](-c6c(-c7ccccc7)cccc6-c6ccccc6)c6ccccc65)c4)cc32)ncc1-c1ccccc1. The predicted molar refractivity (Wildman–Crippen MR) is 273 cm³/mol. The van der Waals surface area contributed by atoms with Gasteiger partial charge in [0.15, 0.2) is 0 Å². The molecule has 0 bridgehead atoms. The van der Waals surface area contributed by atoms with Crippen molar-refractivity contribution in [2.24, 2.45) is 0 Å². The largest absolute Gasteiger partial charge is 0.458 e. The zero-order chi connectivity index (χ0) is 44.7. The lowest BCUT2D eigenvalue weighted by Crippen LogP contribution is -2.31. The van der Waals surface area contributed by atoms with E-state index in [0.717, 1.165) is 95.8 Å². The first kappa shape index (κ1) is 39.8. The standard InChI is InChI=1S/C62H44N4O/c1-2-43-38-61(63-41-56(43)47-25-13-6-14-26-47)66-57-36-33-48(44-19-7-3-8-20-44)37-55(57)54-35-34-51(40-60(54)66)67-50-28-17-27-49(39-50)64-42-65(59-32-16-15-31-58(59)64)62-52(45-21-9-4-10-22-45)29-18-30-53(62)46-23-11-5-12-24-46/h3-41H,2H2,1H3. The summed E-state index contributed by atoms with van der Waals surface area (Å²) in [6.07, 6.45) is 6.71. The maximum absolute atomic E-state index is 6.84. The molecule has 12 aromatic rings. The number of hydrogen-bond acceptors (Lipinski definition) is 2. The van der Waals surface area contributed by atoms with Gasteiger partial charge in [0.25, 0.3) is 6.33 Å². The van der Waals surface area contributed by atoms with Crippen molar-refractivity contribution in [2.75, 3.05) is 0 Å². The molecule has 0 atom stereocenters. The van der Waals surface area contributed by atoms with Crippen molar-refractivity contribution in [1.82, 2.24) is 14.1 Å². The first-order chi connectivity index (χ1) is 33.2. The smallest absolute Gasteiger partial charge is 0.269 e. The fourth-order valence-electron chi connectivity index (χ4n) is 9.62. The highest BCUT2D eigenvalue weighted by atomic mass is 16.5. The van der Waals surface area contributed by atoms with Crippen molar-refractivity contribution in [3.8, 4) is 73.2 Å². The highest BCUT2D eigenvalue weighted by Gasteiger charge is 2.21. The zero-order valence-electron chi connectivity index (χ0n) is 36.9. The van der Waals surface area contributed by atoms with Crippen LogP contribution in [0, 0.1) is 6.33 Å². The molecule has 9 aromatic carbocycles. The Morgan fingerprint density at radius 2 is 1.07 bits per heavy atom. The monoisotopic (exact) mass is 860 g/mol. The van der Waals surface area contributed by atoms with Crippen LogP contribution in [0.2, 0.25) is 0 Å². The van der Waals surface area contributed by atoms with E-state index in [1.807, 2.05) is 12.3 Å². The molecule has 67 heavy (non-hydrogen) atoms. The summed E-state index contributed by atoms with van der Waals surface area (Å²) in [6, 6.07) is 81.1. The molecule has 0 aliphatic rings. The average molecular weight is 861 g/mol. The Labute approximate surface area is 389 Å². The maximum atomic E-state index is 6.84. The second-order valence-electron chi connectivity index (χ2n) is 16.8. The van der Waals surface area contributed by atoms with Crippen LogP contribution in [-0.2, 0) is 6.42 Å². The van der Waals surface area contributed by atoms with Crippen molar-refractivity contribution in [3.63, 3.8) is 0 Å². The Hall–Kier alpha value is -8.80. The number of benzene rings is 9. The molecule has 318 valence electrons. The lowest BCUT2D eigenvalue weighted by molar-refractivity contribution is -0.571. The van der Waals surface area contributed by atoms with Crippen molar-refractivity contribution in [3.05, 3.63) is 249 Å². The van der Waals surface area contributed by atoms with E-state index in [9.17, 15) is 0 Å². The van der Waals surface area contributed by atoms with Crippen LogP contribution >= 0.6 is 0 Å². The molecule has 0 saturated heterocycles. The van der Waals surface area contributed by atoms with Gasteiger partial charge in [-0.2, -0.15) is 0 Å². The van der Waals surface area contributed by atoms with Crippen LogP contribution in [0.1, 0.15) is 12.5 Å². The van der Waals surface area contributed by atoms with E-state index in [1.54, 1.807) is 0 Å². The van der Waals surface area contributed by atoms with Crippen molar-refractivity contribution in [2.45, 2.75) is 13.3 Å². The minimum absolute atomic E-state index is 0.719. The lowest BCUT2D eigenvalue weighted by atomic mass is 9.95. The number of imidazole rings is 1. The maximum Gasteiger partial charge on any atom is 0.269 e. The Balaban J connectivity index is 0.972. The molecule has 0 radical (unpaired) electrons. The van der Waals surface area contributed by atoms with Gasteiger partial charge in [0, 0.05) is 28.6 Å². The van der Waals surface area contributed by atoms with Gasteiger partial charge in [-0.3, -0.25) is 13.7 Å². The summed E-state index contributed by atoms with van der Waals surface area (Å²) in [5.74, 6) is 2.32. The highest BCUT2D eigenvalue weighted by Crippen LogP contribution is 2.39. The molecule has 5 nitrogen and oxygen atoms in total. The van der Waals surface area contributed by atoms with E-state index in [4.69, 9.17) is 9.72 Å². The second kappa shape index (κ2) is 17.0. The van der Waals surface area contributed by atoms with Crippen LogP contribution in [0.5, 0.6) is 11.5 Å². The number of hydrogen-bond donors (Lipinski definition) is 0. The van der Waals surface area contributed by atoms with E-state index in [-0.39, 0.29) is 0 Å². The van der Waals surface area contributed by atoms with Gasteiger partial charge >= 0.3 is 0 Å². The topological polar surface area (TPSA) is 35.9 Å². The number of para-hydroxylation sites is 3. The van der Waals surface area contributed by atoms with E-state index >= 15 is 0 Å². The fourth-order valence-corrected chi connectivity index (χ4v) is 9.62. The van der Waals surface area contributed by atoms with E-state index in [0.29, 0.717) is 0 Å². The summed E-state index contributed by atoms with van der Waals surface area (Å²) in [6.45, 7) is 2.21. The highest BCUT2D eigenvalue weighted by molar-refractivity contribution is 6.10. The third kappa shape index (κ3) is 7.24. The zero-order valence-corrected chi connectivity index (χ0v) is 36.9. The van der Waals surface area contributed by atoms with E-state index < -0.39 is 0 Å². The van der Waals surface area contributed by atoms with Gasteiger partial charge in [0.2, 0.25) is 0 Å². The molecule has 0 fully saturated rings. The van der Waals surface area contributed by atoms with Crippen molar-refractivity contribution < 1.29 is 9.30 Å². The Morgan fingerprint density at radius 1 is 0.463 bits per heavy atom. The molecule has 5 heteroatoms. The van der Waals surface area contributed by atoms with Crippen molar-refractivity contribution in [1.29, 1.82) is 0 Å². The number of fused-ring (bicyclic) bond motifs is 4. The van der Waals surface area contributed by atoms with Gasteiger partial charge in [0.1, 0.15) is 17.3 Å². The Bertz CT molecular complexity index is 3690. The minimum atomic E-state index is 0.719. The Kier molecular flexibility index (Phi) is 10.1. The number of ether oxygens (including phenoxy) is 1.